The normalized spacial score (nSPS) is 18.0. The average molecular weight is 339 g/mol. The van der Waals surface area contributed by atoms with Gasteiger partial charge in [0.05, 0.1) is 30.2 Å². The van der Waals surface area contributed by atoms with E-state index in [1.807, 2.05) is 0 Å². The second-order valence-electron chi connectivity index (χ2n) is 5.49. The first kappa shape index (κ1) is 15.7. The predicted molar refractivity (Wildman–Crippen MR) is 80.1 cm³/mol. The summed E-state index contributed by atoms with van der Waals surface area (Å²) in [6.45, 7) is 2.57. The van der Waals surface area contributed by atoms with Crippen molar-refractivity contribution in [1.29, 1.82) is 0 Å². The van der Waals surface area contributed by atoms with Crippen LogP contribution in [0.2, 0.25) is 0 Å². The Morgan fingerprint density at radius 2 is 2.30 bits per heavy atom. The fourth-order valence-corrected chi connectivity index (χ4v) is 3.09. The molecule has 0 fully saturated rings. The molecule has 1 N–H and O–H groups in total. The van der Waals surface area contributed by atoms with Gasteiger partial charge in [0.25, 0.3) is 5.91 Å². The fourth-order valence-electron chi connectivity index (χ4n) is 2.59. The number of oxazole rings is 1. The van der Waals surface area contributed by atoms with Crippen molar-refractivity contribution in [2.75, 3.05) is 19.3 Å². The van der Waals surface area contributed by atoms with Crippen LogP contribution in [0.3, 0.4) is 0 Å². The van der Waals surface area contributed by atoms with Crippen molar-refractivity contribution in [3.63, 3.8) is 0 Å². The zero-order chi connectivity index (χ0) is 16.6. The Balaban J connectivity index is 1.83. The van der Waals surface area contributed by atoms with Gasteiger partial charge in [0, 0.05) is 19.3 Å². The second-order valence-corrected chi connectivity index (χ2v) is 7.33. The minimum Gasteiger partial charge on any atom is -0.438 e. The van der Waals surface area contributed by atoms with Crippen molar-refractivity contribution in [2.24, 2.45) is 0 Å². The lowest BCUT2D eigenvalue weighted by molar-refractivity contribution is 0.0638. The highest BCUT2D eigenvalue weighted by atomic mass is 32.2. The summed E-state index contributed by atoms with van der Waals surface area (Å²) in [5, 5.41) is 4.22. The first-order chi connectivity index (χ1) is 10.8. The fraction of sp³-hybridized carbons (Fsp3) is 0.462. The molecule has 0 aromatic carbocycles. The Bertz CT molecular complexity index is 825. The minimum absolute atomic E-state index is 0.159. The van der Waals surface area contributed by atoms with E-state index in [4.69, 9.17) is 4.42 Å². The summed E-state index contributed by atoms with van der Waals surface area (Å²) in [6.07, 6.45) is 3.97. The van der Waals surface area contributed by atoms with Crippen molar-refractivity contribution < 1.29 is 17.6 Å². The third-order valence-corrected chi connectivity index (χ3v) is 4.38. The highest BCUT2D eigenvalue weighted by Gasteiger charge is 2.31. The number of aromatic nitrogens is 3. The molecule has 3 heterocycles. The summed E-state index contributed by atoms with van der Waals surface area (Å²) >= 11 is 0. The molecule has 1 aliphatic rings. The number of sulfonamides is 1. The van der Waals surface area contributed by atoms with Crippen molar-refractivity contribution in [3.8, 4) is 0 Å². The first-order valence-corrected chi connectivity index (χ1v) is 8.90. The van der Waals surface area contributed by atoms with E-state index < -0.39 is 10.0 Å². The molecule has 1 atom stereocenters. The van der Waals surface area contributed by atoms with Gasteiger partial charge in [-0.1, -0.05) is 0 Å². The predicted octanol–water partition coefficient (Wildman–Crippen LogP) is -0.0742. The van der Waals surface area contributed by atoms with Crippen LogP contribution >= 0.6 is 0 Å². The molecule has 9 nitrogen and oxygen atoms in total. The highest BCUT2D eigenvalue weighted by Crippen LogP contribution is 2.22. The number of nitrogens with one attached hydrogen (secondary N) is 1. The molecule has 2 aromatic heterocycles. The number of hydrogen-bond acceptors (Lipinski definition) is 6. The number of aryl methyl sites for hydroxylation is 1. The molecule has 10 heteroatoms. The van der Waals surface area contributed by atoms with Crippen LogP contribution in [0.4, 0.5) is 0 Å². The number of carbonyl (C=O) groups excluding carboxylic acids is 1. The van der Waals surface area contributed by atoms with E-state index in [9.17, 15) is 13.2 Å². The van der Waals surface area contributed by atoms with E-state index in [-0.39, 0.29) is 24.3 Å². The lowest BCUT2D eigenvalue weighted by Crippen LogP contribution is -2.45. The Labute approximate surface area is 133 Å². The molecule has 2 aromatic rings. The molecule has 124 valence electrons. The summed E-state index contributed by atoms with van der Waals surface area (Å²) in [6, 6.07) is 1.52. The summed E-state index contributed by atoms with van der Waals surface area (Å²) in [5.41, 5.74) is 1.36. The van der Waals surface area contributed by atoms with Gasteiger partial charge in [-0.2, -0.15) is 5.10 Å². The molecule has 23 heavy (non-hydrogen) atoms. The maximum atomic E-state index is 12.6. The highest BCUT2D eigenvalue weighted by molar-refractivity contribution is 7.88. The molecule has 0 bridgehead atoms. The van der Waals surface area contributed by atoms with Crippen LogP contribution in [-0.4, -0.2) is 53.3 Å². The number of rotatable bonds is 4. The standard InChI is InChI=1S/C13H17N5O4S/c1-9-12(22-8-14-9)13(19)17-6-10-3-4-15-18(10)11(7-17)5-16-23(2,20)21/h3-4,8,11,16H,5-7H2,1-2H3/t11-/m1/s1. The second kappa shape index (κ2) is 5.78. The van der Waals surface area contributed by atoms with E-state index in [1.54, 1.807) is 28.8 Å². The molecule has 0 radical (unpaired) electrons. The third-order valence-electron chi connectivity index (χ3n) is 3.69. The monoisotopic (exact) mass is 339 g/mol. The maximum absolute atomic E-state index is 12.6. The Kier molecular flexibility index (Phi) is 3.94. The molecule has 1 amide bonds. The van der Waals surface area contributed by atoms with Crippen molar-refractivity contribution in [3.05, 3.63) is 35.8 Å². The topological polar surface area (TPSA) is 110 Å². The van der Waals surface area contributed by atoms with E-state index in [0.29, 0.717) is 18.8 Å². The van der Waals surface area contributed by atoms with Crippen LogP contribution in [0.1, 0.15) is 28.0 Å². The third kappa shape index (κ3) is 3.27. The van der Waals surface area contributed by atoms with Gasteiger partial charge in [-0.3, -0.25) is 9.48 Å². The number of amides is 1. The quantitative estimate of drug-likeness (QED) is 0.834. The number of carbonyl (C=O) groups is 1. The van der Waals surface area contributed by atoms with Gasteiger partial charge in [0.2, 0.25) is 15.8 Å². The molecule has 0 saturated heterocycles. The zero-order valence-corrected chi connectivity index (χ0v) is 13.6. The average Bonchev–Trinajstić information content (AvgIpc) is 3.11. The van der Waals surface area contributed by atoms with Gasteiger partial charge >= 0.3 is 0 Å². The van der Waals surface area contributed by atoms with Crippen LogP contribution < -0.4 is 4.72 Å². The van der Waals surface area contributed by atoms with E-state index in [1.165, 1.54) is 6.39 Å². The molecule has 1 aliphatic heterocycles. The maximum Gasteiger partial charge on any atom is 0.291 e. The van der Waals surface area contributed by atoms with Crippen LogP contribution in [0.25, 0.3) is 0 Å². The van der Waals surface area contributed by atoms with Crippen LogP contribution in [-0.2, 0) is 16.6 Å². The number of fused-ring (bicyclic) bond motifs is 1. The Morgan fingerprint density at radius 1 is 1.52 bits per heavy atom. The van der Waals surface area contributed by atoms with Gasteiger partial charge in [0.15, 0.2) is 6.39 Å². The summed E-state index contributed by atoms with van der Waals surface area (Å²) in [7, 11) is -3.32. The number of nitrogens with zero attached hydrogens (tertiary/aromatic N) is 4. The van der Waals surface area contributed by atoms with E-state index in [0.717, 1.165) is 11.9 Å². The van der Waals surface area contributed by atoms with Crippen molar-refractivity contribution in [1.82, 2.24) is 24.4 Å². The lowest BCUT2D eigenvalue weighted by atomic mass is 10.1. The Hall–Kier alpha value is -2.20. The summed E-state index contributed by atoms with van der Waals surface area (Å²) in [4.78, 5) is 18.1. The number of hydrogen-bond donors (Lipinski definition) is 1. The van der Waals surface area contributed by atoms with Gasteiger partial charge in [-0.25, -0.2) is 18.1 Å². The molecule has 0 saturated carbocycles. The van der Waals surface area contributed by atoms with Crippen molar-refractivity contribution in [2.45, 2.75) is 19.5 Å². The molecule has 0 spiro atoms. The van der Waals surface area contributed by atoms with Crippen LogP contribution in [0.15, 0.2) is 23.1 Å². The van der Waals surface area contributed by atoms with Crippen LogP contribution in [0, 0.1) is 6.92 Å². The molecular formula is C13H17N5O4S. The molecular weight excluding hydrogens is 322 g/mol. The SMILES string of the molecule is Cc1ncoc1C(=O)N1Cc2ccnn2[C@H](CNS(C)(=O)=O)C1. The van der Waals surface area contributed by atoms with Crippen molar-refractivity contribution >= 4 is 15.9 Å². The summed E-state index contributed by atoms with van der Waals surface area (Å²) in [5.74, 6) is -0.0652. The smallest absolute Gasteiger partial charge is 0.291 e. The molecule has 0 aliphatic carbocycles. The Morgan fingerprint density at radius 3 is 2.96 bits per heavy atom. The minimum atomic E-state index is -3.32. The van der Waals surface area contributed by atoms with Gasteiger partial charge in [-0.05, 0) is 13.0 Å². The van der Waals surface area contributed by atoms with Crippen LogP contribution in [0.5, 0.6) is 0 Å². The summed E-state index contributed by atoms with van der Waals surface area (Å²) < 4.78 is 32.0. The van der Waals surface area contributed by atoms with E-state index >= 15 is 0 Å². The zero-order valence-electron chi connectivity index (χ0n) is 12.8. The lowest BCUT2D eigenvalue weighted by Gasteiger charge is -2.33. The molecule has 3 rings (SSSR count). The van der Waals surface area contributed by atoms with Gasteiger partial charge in [-0.15, -0.1) is 0 Å². The largest absolute Gasteiger partial charge is 0.438 e. The van der Waals surface area contributed by atoms with E-state index in [2.05, 4.69) is 14.8 Å². The van der Waals surface area contributed by atoms with Gasteiger partial charge < -0.3 is 9.32 Å². The van der Waals surface area contributed by atoms with Gasteiger partial charge in [0.1, 0.15) is 0 Å². The molecule has 0 unspecified atom stereocenters. The first-order valence-electron chi connectivity index (χ1n) is 7.01.